The van der Waals surface area contributed by atoms with Gasteiger partial charge in [0.25, 0.3) is 0 Å². The Kier molecular flexibility index (Phi) is 81.0. The second kappa shape index (κ2) is 82.4. The number of ether oxygens (including phenoxy) is 4. The number of unbranched alkanes of at least 4 members (excludes halogenated alkanes) is 54. The molecule has 0 heterocycles. The Bertz CT molecular complexity index is 2190. The molecule has 113 heavy (non-hydrogen) atoms. The zero-order valence-corrected chi connectivity index (χ0v) is 76.8. The molecular formula is C94H184O17P2. The number of hydrogen-bond acceptors (Lipinski definition) is 15. The van der Waals surface area contributed by atoms with Crippen molar-refractivity contribution < 1.29 is 80.2 Å². The van der Waals surface area contributed by atoms with Crippen molar-refractivity contribution in [1.82, 2.24) is 0 Å². The van der Waals surface area contributed by atoms with Crippen molar-refractivity contribution in [2.45, 2.75) is 517 Å². The second-order valence-corrected chi connectivity index (χ2v) is 37.9. The number of phosphoric ester groups is 2. The summed E-state index contributed by atoms with van der Waals surface area (Å²) in [6.07, 6.45) is 75.1. The Morgan fingerprint density at radius 3 is 0.628 bits per heavy atom. The van der Waals surface area contributed by atoms with Crippen LogP contribution >= 0.6 is 15.6 Å². The summed E-state index contributed by atoms with van der Waals surface area (Å²) < 4.78 is 69.1. The molecule has 0 aromatic heterocycles. The Balaban J connectivity index is 5.21. The average Bonchev–Trinajstić information content (AvgIpc) is 0.899. The van der Waals surface area contributed by atoms with Gasteiger partial charge in [-0.15, -0.1) is 0 Å². The summed E-state index contributed by atoms with van der Waals surface area (Å²) >= 11 is 0. The number of carbonyl (C=O) groups excluding carboxylic acids is 4. The van der Waals surface area contributed by atoms with Crippen LogP contribution in [0.3, 0.4) is 0 Å². The lowest BCUT2D eigenvalue weighted by molar-refractivity contribution is -0.161. The van der Waals surface area contributed by atoms with E-state index in [4.69, 9.17) is 37.0 Å². The summed E-state index contributed by atoms with van der Waals surface area (Å²) in [5, 5.41) is 10.7. The summed E-state index contributed by atoms with van der Waals surface area (Å²) in [6.45, 7) is 14.5. The molecule has 0 amide bonds. The normalized spacial score (nSPS) is 14.5. The molecule has 0 aliphatic rings. The molecule has 17 nitrogen and oxygen atoms in total. The molecule has 19 heteroatoms. The maximum Gasteiger partial charge on any atom is 0.472 e. The number of aliphatic hydroxyl groups is 1. The lowest BCUT2D eigenvalue weighted by Crippen LogP contribution is -2.30. The van der Waals surface area contributed by atoms with Crippen LogP contribution in [-0.4, -0.2) is 96.7 Å². The van der Waals surface area contributed by atoms with E-state index in [1.165, 1.54) is 295 Å². The fraction of sp³-hybridized carbons (Fsp3) is 0.957. The topological polar surface area (TPSA) is 237 Å². The zero-order chi connectivity index (χ0) is 83.0. The van der Waals surface area contributed by atoms with Crippen LogP contribution in [-0.2, 0) is 65.4 Å². The van der Waals surface area contributed by atoms with Crippen molar-refractivity contribution in [2.24, 2.45) is 23.7 Å². The summed E-state index contributed by atoms with van der Waals surface area (Å²) in [4.78, 5) is 73.5. The number of carbonyl (C=O) groups is 4. The van der Waals surface area contributed by atoms with Crippen molar-refractivity contribution in [3.8, 4) is 0 Å². The van der Waals surface area contributed by atoms with Gasteiger partial charge >= 0.3 is 39.5 Å². The molecule has 0 saturated heterocycles. The molecule has 3 N–H and O–H groups in total. The van der Waals surface area contributed by atoms with Crippen LogP contribution < -0.4 is 0 Å². The molecule has 672 valence electrons. The van der Waals surface area contributed by atoms with Gasteiger partial charge in [-0.3, -0.25) is 37.3 Å². The predicted octanol–water partition coefficient (Wildman–Crippen LogP) is 29.1. The molecule has 0 aliphatic carbocycles. The largest absolute Gasteiger partial charge is 0.472 e. The smallest absolute Gasteiger partial charge is 0.462 e. The highest BCUT2D eigenvalue weighted by atomic mass is 31.2. The molecule has 0 aromatic rings. The second-order valence-electron chi connectivity index (χ2n) is 35.0. The first-order valence-corrected chi connectivity index (χ1v) is 51.3. The highest BCUT2D eigenvalue weighted by Gasteiger charge is 2.31. The van der Waals surface area contributed by atoms with E-state index in [-0.39, 0.29) is 25.7 Å². The maximum atomic E-state index is 13.2. The van der Waals surface area contributed by atoms with E-state index in [1.807, 2.05) is 0 Å². The van der Waals surface area contributed by atoms with Gasteiger partial charge in [0.15, 0.2) is 12.2 Å². The van der Waals surface area contributed by atoms with E-state index in [1.54, 1.807) is 0 Å². The lowest BCUT2D eigenvalue weighted by atomic mass is 9.99. The minimum atomic E-state index is -4.97. The van der Waals surface area contributed by atoms with Crippen molar-refractivity contribution in [2.75, 3.05) is 39.6 Å². The summed E-state index contributed by atoms with van der Waals surface area (Å²) in [6, 6.07) is 0. The Hall–Kier alpha value is -1.94. The van der Waals surface area contributed by atoms with Crippen molar-refractivity contribution in [3.63, 3.8) is 0 Å². The monoisotopic (exact) mass is 1650 g/mol. The van der Waals surface area contributed by atoms with Gasteiger partial charge in [-0.05, 0) is 49.4 Å². The number of rotatable bonds is 91. The highest BCUT2D eigenvalue weighted by molar-refractivity contribution is 7.47. The fourth-order valence-electron chi connectivity index (χ4n) is 14.6. The average molecular weight is 1650 g/mol. The Morgan fingerprint density at radius 1 is 0.248 bits per heavy atom. The van der Waals surface area contributed by atoms with E-state index in [0.717, 1.165) is 120 Å². The quantitative estimate of drug-likeness (QED) is 0.0222. The van der Waals surface area contributed by atoms with Gasteiger partial charge in [0.2, 0.25) is 0 Å². The van der Waals surface area contributed by atoms with Gasteiger partial charge in [0, 0.05) is 25.7 Å². The predicted molar refractivity (Wildman–Crippen MR) is 469 cm³/mol. The molecular weight excluding hydrogens is 1460 g/mol. The van der Waals surface area contributed by atoms with Crippen LogP contribution in [0.25, 0.3) is 0 Å². The van der Waals surface area contributed by atoms with E-state index < -0.39 is 97.5 Å². The van der Waals surface area contributed by atoms with E-state index >= 15 is 0 Å². The van der Waals surface area contributed by atoms with Crippen molar-refractivity contribution >= 4 is 39.5 Å². The van der Waals surface area contributed by atoms with Gasteiger partial charge in [0.1, 0.15) is 19.3 Å². The van der Waals surface area contributed by atoms with Gasteiger partial charge in [0.05, 0.1) is 26.4 Å². The van der Waals surface area contributed by atoms with Gasteiger partial charge in [-0.2, -0.15) is 0 Å². The van der Waals surface area contributed by atoms with E-state index in [2.05, 4.69) is 55.4 Å². The number of hydrogen-bond donors (Lipinski definition) is 3. The van der Waals surface area contributed by atoms with Crippen LogP contribution in [0.5, 0.6) is 0 Å². The SMILES string of the molecule is CCC(C)CCCCCCCCCCCCCCCCCCCCC(=O)O[C@H](COC(=O)CCCCCCCCCCCCCCCCCCC(C)C)COP(=O)(O)OC[C@@H](O)COP(=O)(O)OC[C@@H](COC(=O)CCCCCCCCC(C)CC)OC(=O)CCCCCCCCCCCCCCCCCCCCC(C)CC. The maximum absolute atomic E-state index is 13.2. The summed E-state index contributed by atoms with van der Waals surface area (Å²) in [7, 11) is -9.94. The third-order valence-corrected chi connectivity index (χ3v) is 25.1. The number of phosphoric acid groups is 2. The highest BCUT2D eigenvalue weighted by Crippen LogP contribution is 2.45. The lowest BCUT2D eigenvalue weighted by Gasteiger charge is -2.21. The molecule has 0 rings (SSSR count). The molecule has 0 aliphatic heterocycles. The molecule has 0 radical (unpaired) electrons. The minimum absolute atomic E-state index is 0.107. The summed E-state index contributed by atoms with van der Waals surface area (Å²) in [5.74, 6) is 1.19. The van der Waals surface area contributed by atoms with Crippen LogP contribution in [0.1, 0.15) is 498 Å². The first-order chi connectivity index (χ1) is 54.7. The zero-order valence-electron chi connectivity index (χ0n) is 75.0. The first-order valence-electron chi connectivity index (χ1n) is 48.3. The minimum Gasteiger partial charge on any atom is -0.462 e. The molecule has 0 bridgehead atoms. The molecule has 0 spiro atoms. The first kappa shape index (κ1) is 111. The van der Waals surface area contributed by atoms with Crippen molar-refractivity contribution in [3.05, 3.63) is 0 Å². The van der Waals surface area contributed by atoms with Crippen molar-refractivity contribution in [1.29, 1.82) is 0 Å². The Morgan fingerprint density at radius 2 is 0.425 bits per heavy atom. The van der Waals surface area contributed by atoms with Crippen LogP contribution in [0.4, 0.5) is 0 Å². The molecule has 0 aromatic carbocycles. The third-order valence-electron chi connectivity index (χ3n) is 23.2. The molecule has 0 fully saturated rings. The van der Waals surface area contributed by atoms with E-state index in [0.29, 0.717) is 25.7 Å². The number of aliphatic hydroxyl groups excluding tert-OH is 1. The van der Waals surface area contributed by atoms with Crippen LogP contribution in [0.2, 0.25) is 0 Å². The molecule has 5 unspecified atom stereocenters. The van der Waals surface area contributed by atoms with Crippen LogP contribution in [0, 0.1) is 23.7 Å². The van der Waals surface area contributed by atoms with Gasteiger partial charge in [-0.25, -0.2) is 9.13 Å². The standard InChI is InChI=1S/C94H184O17P2/c1-9-85(6)71-63-55-47-41-35-29-23-16-12-14-18-26-32-38-44-50-60-68-76-93(98)110-89(80-104-91(96)74-66-58-49-43-37-31-25-21-20-22-28-34-40-46-54-62-70-84(4)5)82-108-112(100,101)106-78-88(95)79-107-113(102,103)109-83-90(81-105-92(97)75-67-59-53-52-57-65-73-87(8)11-3)111-94(99)77-69-61-51-45-39-33-27-19-15-13-17-24-30-36-42-48-56-64-72-86(7)10-2/h84-90,95H,9-83H2,1-8H3,(H,100,101)(H,102,103)/t85?,86?,87?,88-,89-,90-/m1/s1. The third kappa shape index (κ3) is 83.5. The molecule has 8 atom stereocenters. The summed E-state index contributed by atoms with van der Waals surface area (Å²) in [5.41, 5.74) is 0. The van der Waals surface area contributed by atoms with Gasteiger partial charge in [-0.1, -0.05) is 447 Å². The van der Waals surface area contributed by atoms with E-state index in [9.17, 15) is 43.2 Å². The van der Waals surface area contributed by atoms with Crippen LogP contribution in [0.15, 0.2) is 0 Å². The number of esters is 4. The van der Waals surface area contributed by atoms with Gasteiger partial charge < -0.3 is 33.8 Å². The Labute approximate surface area is 696 Å². The fourth-order valence-corrected chi connectivity index (χ4v) is 16.2. The molecule has 0 saturated carbocycles.